The van der Waals surface area contributed by atoms with Crippen molar-refractivity contribution in [2.75, 3.05) is 6.54 Å². The van der Waals surface area contributed by atoms with Gasteiger partial charge in [0.15, 0.2) is 0 Å². The average molecular weight is 287 g/mol. The zero-order valence-electron chi connectivity index (χ0n) is 10.3. The van der Waals surface area contributed by atoms with E-state index in [1.165, 1.54) is 12.6 Å². The molecular formula is C13H16Cl2N2O. The summed E-state index contributed by atoms with van der Waals surface area (Å²) in [6, 6.07) is 1.93. The van der Waals surface area contributed by atoms with Crippen molar-refractivity contribution in [3.63, 3.8) is 0 Å². The molecule has 0 bridgehead atoms. The third-order valence-electron chi connectivity index (χ3n) is 3.40. The number of carbonyl (C=O) groups is 1. The van der Waals surface area contributed by atoms with Crippen molar-refractivity contribution < 1.29 is 4.79 Å². The summed E-state index contributed by atoms with van der Waals surface area (Å²) in [7, 11) is 0. The Kier molecular flexibility index (Phi) is 4.46. The van der Waals surface area contributed by atoms with E-state index in [0.717, 1.165) is 25.8 Å². The molecule has 1 amide bonds. The molecule has 0 aromatic carbocycles. The van der Waals surface area contributed by atoms with Gasteiger partial charge in [-0.15, -0.1) is 0 Å². The van der Waals surface area contributed by atoms with Crippen LogP contribution < -0.4 is 0 Å². The number of likely N-dealkylation sites (tertiary alicyclic amines) is 1. The molecule has 3 nitrogen and oxygen atoms in total. The minimum Gasteiger partial charge on any atom is -0.336 e. The Bertz CT molecular complexity index is 451. The topological polar surface area (TPSA) is 33.2 Å². The fourth-order valence-corrected chi connectivity index (χ4v) is 2.67. The molecule has 1 aliphatic heterocycles. The molecule has 2 rings (SSSR count). The number of pyridine rings is 1. The van der Waals surface area contributed by atoms with Crippen molar-refractivity contribution in [3.05, 3.63) is 28.0 Å². The molecule has 1 unspecified atom stereocenters. The van der Waals surface area contributed by atoms with E-state index in [-0.39, 0.29) is 11.1 Å². The van der Waals surface area contributed by atoms with E-state index in [1.54, 1.807) is 6.07 Å². The number of halogens is 2. The standard InChI is InChI=1S/C13H16Cl2N2O/c1-2-10-5-3-4-6-17(10)13(18)9-7-11(14)12(15)16-8-9/h7-8,10H,2-6H2,1H3. The predicted molar refractivity (Wildman–Crippen MR) is 73.2 cm³/mol. The summed E-state index contributed by atoms with van der Waals surface area (Å²) in [6.07, 6.45) is 5.83. The Morgan fingerprint density at radius 2 is 2.28 bits per heavy atom. The van der Waals surface area contributed by atoms with Crippen LogP contribution in [-0.2, 0) is 0 Å². The molecule has 98 valence electrons. The first kappa shape index (κ1) is 13.6. The van der Waals surface area contributed by atoms with Gasteiger partial charge in [-0.25, -0.2) is 4.98 Å². The first-order chi connectivity index (χ1) is 8.63. The van der Waals surface area contributed by atoms with Crippen LogP contribution in [0.5, 0.6) is 0 Å². The molecule has 1 aliphatic rings. The van der Waals surface area contributed by atoms with E-state index in [2.05, 4.69) is 11.9 Å². The van der Waals surface area contributed by atoms with Gasteiger partial charge in [-0.05, 0) is 31.7 Å². The molecule has 1 saturated heterocycles. The van der Waals surface area contributed by atoms with E-state index in [1.807, 2.05) is 4.90 Å². The van der Waals surface area contributed by atoms with E-state index in [0.29, 0.717) is 16.6 Å². The molecule has 0 N–H and O–H groups in total. The first-order valence-electron chi connectivity index (χ1n) is 6.25. The van der Waals surface area contributed by atoms with Crippen molar-refractivity contribution in [3.8, 4) is 0 Å². The maximum Gasteiger partial charge on any atom is 0.255 e. The van der Waals surface area contributed by atoms with Gasteiger partial charge < -0.3 is 4.90 Å². The number of rotatable bonds is 2. The second kappa shape index (κ2) is 5.89. The first-order valence-corrected chi connectivity index (χ1v) is 7.01. The lowest BCUT2D eigenvalue weighted by molar-refractivity contribution is 0.0607. The van der Waals surface area contributed by atoms with Crippen LogP contribution in [0.1, 0.15) is 43.0 Å². The highest BCUT2D eigenvalue weighted by Crippen LogP contribution is 2.24. The zero-order valence-corrected chi connectivity index (χ0v) is 11.8. The fraction of sp³-hybridized carbons (Fsp3) is 0.538. The van der Waals surface area contributed by atoms with Crippen molar-refractivity contribution in [2.24, 2.45) is 0 Å². The number of nitrogens with zero attached hydrogens (tertiary/aromatic N) is 2. The number of piperidine rings is 1. The minimum atomic E-state index is 0.00705. The number of carbonyl (C=O) groups excluding carboxylic acids is 1. The molecule has 0 radical (unpaired) electrons. The van der Waals surface area contributed by atoms with Crippen molar-refractivity contribution >= 4 is 29.1 Å². The van der Waals surface area contributed by atoms with Gasteiger partial charge in [0.25, 0.3) is 5.91 Å². The van der Waals surface area contributed by atoms with Crippen LogP contribution in [0, 0.1) is 0 Å². The summed E-state index contributed by atoms with van der Waals surface area (Å²) < 4.78 is 0. The SMILES string of the molecule is CCC1CCCCN1C(=O)c1cnc(Cl)c(Cl)c1. The Morgan fingerprint density at radius 3 is 2.94 bits per heavy atom. The van der Waals surface area contributed by atoms with Gasteiger partial charge in [0.05, 0.1) is 10.6 Å². The van der Waals surface area contributed by atoms with Gasteiger partial charge in [-0.1, -0.05) is 30.1 Å². The second-order valence-corrected chi connectivity index (χ2v) is 5.32. The molecule has 2 heterocycles. The van der Waals surface area contributed by atoms with E-state index in [4.69, 9.17) is 23.2 Å². The third-order valence-corrected chi connectivity index (χ3v) is 4.09. The Hall–Kier alpha value is -0.800. The summed E-state index contributed by atoms with van der Waals surface area (Å²) in [5.41, 5.74) is 0.518. The molecule has 0 spiro atoms. The number of hydrogen-bond donors (Lipinski definition) is 0. The van der Waals surface area contributed by atoms with Gasteiger partial charge in [-0.3, -0.25) is 4.79 Å². The quantitative estimate of drug-likeness (QED) is 0.775. The van der Waals surface area contributed by atoms with Crippen LogP contribution in [-0.4, -0.2) is 28.4 Å². The molecule has 5 heteroatoms. The van der Waals surface area contributed by atoms with Crippen molar-refractivity contribution in [1.82, 2.24) is 9.88 Å². The van der Waals surface area contributed by atoms with Crippen LogP contribution in [0.3, 0.4) is 0 Å². The zero-order chi connectivity index (χ0) is 13.1. The van der Waals surface area contributed by atoms with Crippen molar-refractivity contribution in [1.29, 1.82) is 0 Å². The summed E-state index contributed by atoms with van der Waals surface area (Å²) in [5, 5.41) is 0.562. The number of aromatic nitrogens is 1. The maximum atomic E-state index is 12.4. The molecular weight excluding hydrogens is 271 g/mol. The van der Waals surface area contributed by atoms with Crippen LogP contribution in [0.2, 0.25) is 10.2 Å². The lowest BCUT2D eigenvalue weighted by Crippen LogP contribution is -2.43. The Labute approximate surface area is 117 Å². The summed E-state index contributed by atoms with van der Waals surface area (Å²) in [5.74, 6) is 0.00705. The van der Waals surface area contributed by atoms with Crippen LogP contribution in [0.4, 0.5) is 0 Å². The molecule has 0 saturated carbocycles. The van der Waals surface area contributed by atoms with E-state index < -0.39 is 0 Å². The van der Waals surface area contributed by atoms with Gasteiger partial charge in [0, 0.05) is 18.8 Å². The largest absolute Gasteiger partial charge is 0.336 e. The van der Waals surface area contributed by atoms with Crippen molar-refractivity contribution in [2.45, 2.75) is 38.6 Å². The maximum absolute atomic E-state index is 12.4. The highest BCUT2D eigenvalue weighted by atomic mass is 35.5. The Morgan fingerprint density at radius 1 is 1.50 bits per heavy atom. The lowest BCUT2D eigenvalue weighted by atomic mass is 9.99. The van der Waals surface area contributed by atoms with Crippen LogP contribution in [0.15, 0.2) is 12.3 Å². The number of amides is 1. The summed E-state index contributed by atoms with van der Waals surface area (Å²) >= 11 is 11.7. The molecule has 1 aromatic heterocycles. The lowest BCUT2D eigenvalue weighted by Gasteiger charge is -2.35. The Balaban J connectivity index is 2.21. The molecule has 0 aliphatic carbocycles. The monoisotopic (exact) mass is 286 g/mol. The average Bonchev–Trinajstić information content (AvgIpc) is 2.41. The fourth-order valence-electron chi connectivity index (χ4n) is 2.40. The number of hydrogen-bond acceptors (Lipinski definition) is 2. The third kappa shape index (κ3) is 2.78. The normalized spacial score (nSPS) is 19.9. The van der Waals surface area contributed by atoms with Gasteiger partial charge in [-0.2, -0.15) is 0 Å². The van der Waals surface area contributed by atoms with Crippen LogP contribution >= 0.6 is 23.2 Å². The molecule has 1 fully saturated rings. The molecule has 18 heavy (non-hydrogen) atoms. The van der Waals surface area contributed by atoms with Crippen LogP contribution in [0.25, 0.3) is 0 Å². The van der Waals surface area contributed by atoms with E-state index in [9.17, 15) is 4.79 Å². The minimum absolute atomic E-state index is 0.00705. The summed E-state index contributed by atoms with van der Waals surface area (Å²) in [6.45, 7) is 2.93. The molecule has 1 aromatic rings. The smallest absolute Gasteiger partial charge is 0.255 e. The highest BCUT2D eigenvalue weighted by Gasteiger charge is 2.26. The molecule has 1 atom stereocenters. The second-order valence-electron chi connectivity index (χ2n) is 4.55. The van der Waals surface area contributed by atoms with Gasteiger partial charge >= 0.3 is 0 Å². The van der Waals surface area contributed by atoms with E-state index >= 15 is 0 Å². The van der Waals surface area contributed by atoms with Gasteiger partial charge in [0.1, 0.15) is 5.15 Å². The highest BCUT2D eigenvalue weighted by molar-refractivity contribution is 6.41. The predicted octanol–water partition coefficient (Wildman–Crippen LogP) is 3.79. The van der Waals surface area contributed by atoms with Gasteiger partial charge in [0.2, 0.25) is 0 Å². The summed E-state index contributed by atoms with van der Waals surface area (Å²) in [4.78, 5) is 18.3.